The van der Waals surface area contributed by atoms with Gasteiger partial charge in [-0.1, -0.05) is 11.6 Å². The number of nitrogens with zero attached hydrogens (tertiary/aromatic N) is 2. The number of hydrogen-bond donors (Lipinski definition) is 1. The fourth-order valence-corrected chi connectivity index (χ4v) is 2.57. The van der Waals surface area contributed by atoms with Crippen LogP contribution in [0.25, 0.3) is 17.5 Å². The molecule has 2 aromatic heterocycles. The number of aromatic amines is 1. The van der Waals surface area contributed by atoms with Crippen LogP contribution >= 0.6 is 23.4 Å². The number of nitrogens with one attached hydrogen (secondary N) is 1. The van der Waals surface area contributed by atoms with Crippen LogP contribution in [0.1, 0.15) is 5.76 Å². The highest BCUT2D eigenvalue weighted by Crippen LogP contribution is 2.27. The van der Waals surface area contributed by atoms with Gasteiger partial charge in [-0.15, -0.1) is 5.10 Å². The van der Waals surface area contributed by atoms with E-state index in [1.165, 1.54) is 12.3 Å². The summed E-state index contributed by atoms with van der Waals surface area (Å²) < 4.78 is 5.10. The van der Waals surface area contributed by atoms with Crippen LogP contribution in [0.3, 0.4) is 0 Å². The lowest BCUT2D eigenvalue weighted by Gasteiger charge is -2.04. The molecule has 3 aromatic rings. The van der Waals surface area contributed by atoms with E-state index in [1.807, 2.05) is 0 Å². The van der Waals surface area contributed by atoms with E-state index in [1.54, 1.807) is 36.4 Å². The summed E-state index contributed by atoms with van der Waals surface area (Å²) in [6.07, 6.45) is 2.81. The zero-order valence-electron chi connectivity index (χ0n) is 11.5. The minimum Gasteiger partial charge on any atom is -0.544 e. The van der Waals surface area contributed by atoms with Crippen LogP contribution in [0.15, 0.2) is 57.1 Å². The predicted octanol–water partition coefficient (Wildman–Crippen LogP) is 2.60. The molecule has 0 unspecified atom stereocenters. The van der Waals surface area contributed by atoms with E-state index in [2.05, 4.69) is 15.2 Å². The van der Waals surface area contributed by atoms with E-state index in [9.17, 15) is 9.90 Å². The summed E-state index contributed by atoms with van der Waals surface area (Å²) in [4.78, 5) is 15.4. The van der Waals surface area contributed by atoms with Gasteiger partial charge in [-0.3, -0.25) is 5.10 Å². The molecule has 1 N–H and O–H groups in total. The molecule has 0 saturated carbocycles. The third-order valence-corrected chi connectivity index (χ3v) is 3.92. The van der Waals surface area contributed by atoms with E-state index in [0.717, 1.165) is 17.3 Å². The highest BCUT2D eigenvalue weighted by atomic mass is 35.5. The number of rotatable bonds is 5. The maximum atomic E-state index is 11.2. The van der Waals surface area contributed by atoms with E-state index < -0.39 is 5.97 Å². The Balaban J connectivity index is 1.82. The summed E-state index contributed by atoms with van der Waals surface area (Å²) >= 11 is 6.71. The summed E-state index contributed by atoms with van der Waals surface area (Å²) in [5, 5.41) is 18.9. The number of H-pyrrole nitrogens is 1. The lowest BCUT2D eigenvalue weighted by Crippen LogP contribution is -2.23. The molecule has 1 aromatic carbocycles. The second-order valence-corrected chi connectivity index (χ2v) is 5.83. The molecule has 0 fully saturated rings. The average molecular weight is 347 g/mol. The van der Waals surface area contributed by atoms with E-state index in [4.69, 9.17) is 16.0 Å². The van der Waals surface area contributed by atoms with Crippen molar-refractivity contribution in [3.05, 3.63) is 58.3 Å². The number of thioether (sulfide) groups is 1. The van der Waals surface area contributed by atoms with Crippen molar-refractivity contribution in [2.45, 2.75) is 5.16 Å². The van der Waals surface area contributed by atoms with Gasteiger partial charge >= 0.3 is 0 Å². The van der Waals surface area contributed by atoms with Gasteiger partial charge in [0.1, 0.15) is 5.76 Å². The van der Waals surface area contributed by atoms with Crippen molar-refractivity contribution in [3.8, 4) is 11.4 Å². The molecule has 0 atom stereocenters. The van der Waals surface area contributed by atoms with Crippen molar-refractivity contribution >= 4 is 35.4 Å². The molecule has 3 rings (SSSR count). The average Bonchev–Trinajstić information content (AvgIpc) is 3.19. The van der Waals surface area contributed by atoms with Gasteiger partial charge in [-0.2, -0.15) is 0 Å². The quantitative estimate of drug-likeness (QED) is 0.563. The van der Waals surface area contributed by atoms with Gasteiger partial charge in [-0.25, -0.2) is 4.98 Å². The van der Waals surface area contributed by atoms with Crippen molar-refractivity contribution in [2.75, 3.05) is 0 Å². The predicted molar refractivity (Wildman–Crippen MR) is 84.4 cm³/mol. The van der Waals surface area contributed by atoms with E-state index in [-0.39, 0.29) is 10.1 Å². The standard InChI is InChI=1S/C15H10ClN3O3S/c16-10-5-3-9(4-6-10)13-17-15(19-18-13)23-12(14(20)21)8-11-2-1-7-22-11/h1-8H,(H,20,21)(H,17,18,19)/p-1/b12-8-. The van der Waals surface area contributed by atoms with Crippen LogP contribution in [0.4, 0.5) is 0 Å². The molecule has 2 heterocycles. The zero-order chi connectivity index (χ0) is 16.2. The minimum atomic E-state index is -1.33. The van der Waals surface area contributed by atoms with Crippen molar-refractivity contribution in [1.29, 1.82) is 0 Å². The number of furan rings is 1. The number of carboxylic acids is 1. The van der Waals surface area contributed by atoms with Crippen LogP contribution in [0.5, 0.6) is 0 Å². The summed E-state index contributed by atoms with van der Waals surface area (Å²) in [5.41, 5.74) is 0.791. The van der Waals surface area contributed by atoms with Gasteiger partial charge in [0, 0.05) is 15.5 Å². The number of halogens is 1. The number of carboxylic acid groups (broad SMARTS) is 1. The van der Waals surface area contributed by atoms with Crippen LogP contribution in [0, 0.1) is 0 Å². The Labute approximate surface area is 140 Å². The van der Waals surface area contributed by atoms with Crippen molar-refractivity contribution in [2.24, 2.45) is 0 Å². The number of aromatic nitrogens is 3. The van der Waals surface area contributed by atoms with Crippen LogP contribution in [-0.2, 0) is 4.79 Å². The number of carbonyl (C=O) groups excluding carboxylic acids is 1. The van der Waals surface area contributed by atoms with Gasteiger partial charge < -0.3 is 14.3 Å². The lowest BCUT2D eigenvalue weighted by molar-refractivity contribution is -0.298. The smallest absolute Gasteiger partial charge is 0.213 e. The van der Waals surface area contributed by atoms with Gasteiger partial charge in [-0.05, 0) is 54.2 Å². The molecule has 6 nitrogen and oxygen atoms in total. The number of aliphatic carboxylic acids is 1. The van der Waals surface area contributed by atoms with Gasteiger partial charge in [0.05, 0.1) is 12.2 Å². The van der Waals surface area contributed by atoms with Gasteiger partial charge in [0.2, 0.25) is 5.16 Å². The second-order valence-electron chi connectivity index (χ2n) is 4.39. The molecule has 0 aliphatic rings. The lowest BCUT2D eigenvalue weighted by atomic mass is 10.2. The van der Waals surface area contributed by atoms with Crippen LogP contribution in [0.2, 0.25) is 5.02 Å². The number of carbonyl (C=O) groups is 1. The Morgan fingerprint density at radius 3 is 2.74 bits per heavy atom. The first kappa shape index (κ1) is 15.4. The molecule has 116 valence electrons. The molecule has 0 amide bonds. The SMILES string of the molecule is O=C([O-])/C(=C/c1ccco1)Sc1n[nH]c(-c2ccc(Cl)cc2)n1. The van der Waals surface area contributed by atoms with Crippen LogP contribution < -0.4 is 5.11 Å². The summed E-state index contributed by atoms with van der Waals surface area (Å²) in [5.74, 6) is -0.408. The fraction of sp³-hybridized carbons (Fsp3) is 0. The molecule has 0 spiro atoms. The Kier molecular flexibility index (Phi) is 4.50. The second kappa shape index (κ2) is 6.72. The highest BCUT2D eigenvalue weighted by Gasteiger charge is 2.10. The maximum absolute atomic E-state index is 11.2. The fourth-order valence-electron chi connectivity index (χ4n) is 1.76. The molecule has 0 radical (unpaired) electrons. The first-order valence-corrected chi connectivity index (χ1v) is 7.64. The van der Waals surface area contributed by atoms with Crippen molar-refractivity contribution in [3.63, 3.8) is 0 Å². The molecule has 8 heteroatoms. The monoisotopic (exact) mass is 346 g/mol. The molecular weight excluding hydrogens is 338 g/mol. The largest absolute Gasteiger partial charge is 0.544 e. The van der Waals surface area contributed by atoms with Crippen molar-refractivity contribution < 1.29 is 14.3 Å². The Morgan fingerprint density at radius 1 is 1.30 bits per heavy atom. The molecule has 0 aliphatic heterocycles. The summed E-state index contributed by atoms with van der Waals surface area (Å²) in [6.45, 7) is 0. The summed E-state index contributed by atoms with van der Waals surface area (Å²) in [6, 6.07) is 10.3. The summed E-state index contributed by atoms with van der Waals surface area (Å²) in [7, 11) is 0. The third kappa shape index (κ3) is 3.82. The van der Waals surface area contributed by atoms with Crippen LogP contribution in [-0.4, -0.2) is 21.2 Å². The first-order chi connectivity index (χ1) is 11.1. The molecule has 23 heavy (non-hydrogen) atoms. The Bertz CT molecular complexity index is 841. The highest BCUT2D eigenvalue weighted by molar-refractivity contribution is 8.04. The Hall–Kier alpha value is -2.51. The van der Waals surface area contributed by atoms with E-state index in [0.29, 0.717) is 16.6 Å². The Morgan fingerprint density at radius 2 is 2.09 bits per heavy atom. The number of hydrogen-bond acceptors (Lipinski definition) is 6. The maximum Gasteiger partial charge on any atom is 0.213 e. The zero-order valence-corrected chi connectivity index (χ0v) is 13.1. The first-order valence-electron chi connectivity index (χ1n) is 6.44. The topological polar surface area (TPSA) is 94.8 Å². The third-order valence-electron chi connectivity index (χ3n) is 2.80. The molecule has 0 bridgehead atoms. The molecular formula is C15H9ClN3O3S-. The molecule has 0 aliphatic carbocycles. The number of benzene rings is 1. The normalized spacial score (nSPS) is 11.6. The van der Waals surface area contributed by atoms with Crippen molar-refractivity contribution in [1.82, 2.24) is 15.2 Å². The van der Waals surface area contributed by atoms with E-state index >= 15 is 0 Å². The minimum absolute atomic E-state index is 0.0541. The van der Waals surface area contributed by atoms with Gasteiger partial charge in [0.15, 0.2) is 5.82 Å². The molecule has 0 saturated heterocycles. The van der Waals surface area contributed by atoms with Gasteiger partial charge in [0.25, 0.3) is 0 Å².